The minimum absolute atomic E-state index is 0.0814. The van der Waals surface area contributed by atoms with E-state index < -0.39 is 11.6 Å². The van der Waals surface area contributed by atoms with Crippen LogP contribution in [0.3, 0.4) is 0 Å². The molecule has 29 heavy (non-hydrogen) atoms. The summed E-state index contributed by atoms with van der Waals surface area (Å²) in [5.74, 6) is -0.719. The summed E-state index contributed by atoms with van der Waals surface area (Å²) in [5, 5.41) is 3.29. The lowest BCUT2D eigenvalue weighted by Gasteiger charge is -2.29. The van der Waals surface area contributed by atoms with Crippen molar-refractivity contribution in [2.45, 2.75) is 45.2 Å². The van der Waals surface area contributed by atoms with Gasteiger partial charge in [0.2, 0.25) is 5.95 Å². The summed E-state index contributed by atoms with van der Waals surface area (Å²) in [4.78, 5) is 14.9. The molecule has 1 aliphatic heterocycles. The molecule has 1 aliphatic rings. The van der Waals surface area contributed by atoms with Gasteiger partial charge in [0.15, 0.2) is 11.6 Å². The molecule has 0 unspecified atom stereocenters. The summed E-state index contributed by atoms with van der Waals surface area (Å²) >= 11 is 0. The summed E-state index contributed by atoms with van der Waals surface area (Å²) < 4.78 is 31.2. The van der Waals surface area contributed by atoms with Crippen LogP contribution in [0, 0.1) is 11.6 Å². The van der Waals surface area contributed by atoms with Gasteiger partial charge in [-0.15, -0.1) is 0 Å². The molecule has 0 radical (unpaired) electrons. The number of fused-ring (bicyclic) bond motifs is 1. The van der Waals surface area contributed by atoms with Crippen LogP contribution in [0.25, 0.3) is 22.3 Å². The minimum Gasteiger partial charge on any atom is -0.351 e. The van der Waals surface area contributed by atoms with E-state index in [-0.39, 0.29) is 22.8 Å². The molecule has 3 heterocycles. The van der Waals surface area contributed by atoms with Crippen LogP contribution >= 0.6 is 0 Å². The summed E-state index contributed by atoms with van der Waals surface area (Å²) in [5.41, 5.74) is 1.04. The third-order valence-corrected chi connectivity index (χ3v) is 5.40. The number of rotatable bonds is 3. The van der Waals surface area contributed by atoms with Gasteiger partial charge in [0.1, 0.15) is 11.2 Å². The molecule has 0 atom stereocenters. The molecule has 6 nitrogen and oxygen atoms in total. The molecule has 1 aromatic carbocycles. The first-order valence-electron chi connectivity index (χ1n) is 9.87. The van der Waals surface area contributed by atoms with Gasteiger partial charge >= 0.3 is 0 Å². The fraction of sp³-hybridized carbons (Fsp3) is 0.476. The summed E-state index contributed by atoms with van der Waals surface area (Å²) in [7, 11) is 2.09. The predicted molar refractivity (Wildman–Crippen MR) is 110 cm³/mol. The fourth-order valence-electron chi connectivity index (χ4n) is 3.72. The summed E-state index contributed by atoms with van der Waals surface area (Å²) in [6.45, 7) is 8.00. The second-order valence-corrected chi connectivity index (χ2v) is 8.72. The topological polar surface area (TPSA) is 58.9 Å². The van der Waals surface area contributed by atoms with E-state index in [9.17, 15) is 8.78 Å². The molecule has 1 N–H and O–H groups in total. The van der Waals surface area contributed by atoms with Crippen LogP contribution in [-0.2, 0) is 5.54 Å². The molecule has 154 valence electrons. The zero-order valence-corrected chi connectivity index (χ0v) is 17.2. The van der Waals surface area contributed by atoms with Crippen LogP contribution in [0.1, 0.15) is 33.6 Å². The second-order valence-electron chi connectivity index (χ2n) is 8.72. The Kier molecular flexibility index (Phi) is 4.98. The molecular weight excluding hydrogens is 374 g/mol. The maximum atomic E-state index is 14.7. The Hall–Kier alpha value is -2.61. The number of nitrogens with zero attached hydrogens (tertiary/aromatic N) is 5. The van der Waals surface area contributed by atoms with E-state index in [2.05, 4.69) is 32.2 Å². The number of likely N-dealkylation sites (tertiary alicyclic amines) is 1. The van der Waals surface area contributed by atoms with Crippen LogP contribution < -0.4 is 5.32 Å². The zero-order valence-electron chi connectivity index (χ0n) is 17.2. The molecule has 2 aromatic heterocycles. The van der Waals surface area contributed by atoms with E-state index in [4.69, 9.17) is 0 Å². The normalized spacial score (nSPS) is 16.5. The molecule has 0 amide bonds. The summed E-state index contributed by atoms with van der Waals surface area (Å²) in [6.07, 6.45) is 4.69. The fourth-order valence-corrected chi connectivity index (χ4v) is 3.72. The minimum atomic E-state index is -0.584. The number of benzene rings is 1. The average molecular weight is 400 g/mol. The average Bonchev–Trinajstić information content (AvgIpc) is 3.10. The van der Waals surface area contributed by atoms with E-state index in [0.717, 1.165) is 32.1 Å². The largest absolute Gasteiger partial charge is 0.351 e. The molecule has 8 heteroatoms. The first-order chi connectivity index (χ1) is 13.7. The predicted octanol–water partition coefficient (Wildman–Crippen LogP) is 4.03. The Morgan fingerprint density at radius 2 is 1.79 bits per heavy atom. The second kappa shape index (κ2) is 7.33. The Bertz CT molecular complexity index is 1030. The molecule has 0 saturated carbocycles. The zero-order chi connectivity index (χ0) is 20.8. The molecular formula is C21H26F2N6. The Labute approximate surface area is 169 Å². The molecule has 1 saturated heterocycles. The van der Waals surface area contributed by atoms with Crippen LogP contribution in [0.5, 0.6) is 0 Å². The van der Waals surface area contributed by atoms with E-state index in [0.29, 0.717) is 17.0 Å². The van der Waals surface area contributed by atoms with Crippen molar-refractivity contribution in [2.24, 2.45) is 0 Å². The maximum absolute atomic E-state index is 14.7. The Morgan fingerprint density at radius 3 is 2.48 bits per heavy atom. The monoisotopic (exact) mass is 400 g/mol. The molecule has 0 aliphatic carbocycles. The van der Waals surface area contributed by atoms with E-state index in [1.54, 1.807) is 12.4 Å². The maximum Gasteiger partial charge on any atom is 0.223 e. The molecule has 1 fully saturated rings. The quantitative estimate of drug-likeness (QED) is 0.719. The van der Waals surface area contributed by atoms with Gasteiger partial charge in [-0.2, -0.15) is 0 Å². The number of aromatic nitrogens is 4. The lowest BCUT2D eigenvalue weighted by Crippen LogP contribution is -2.37. The number of piperidine rings is 1. The third kappa shape index (κ3) is 3.94. The van der Waals surface area contributed by atoms with Crippen molar-refractivity contribution in [3.8, 4) is 11.3 Å². The van der Waals surface area contributed by atoms with Gasteiger partial charge in [0, 0.05) is 17.1 Å². The number of hydrogen-bond donors (Lipinski definition) is 1. The van der Waals surface area contributed by atoms with Crippen molar-refractivity contribution < 1.29 is 8.78 Å². The van der Waals surface area contributed by atoms with Gasteiger partial charge in [-0.05, 0) is 65.9 Å². The van der Waals surface area contributed by atoms with Crippen molar-refractivity contribution in [3.05, 3.63) is 36.3 Å². The van der Waals surface area contributed by atoms with E-state index in [1.807, 2.05) is 25.3 Å². The number of anilines is 1. The Balaban J connectivity index is 1.71. The van der Waals surface area contributed by atoms with Crippen molar-refractivity contribution in [3.63, 3.8) is 0 Å². The van der Waals surface area contributed by atoms with Crippen LogP contribution in [0.15, 0.2) is 24.7 Å². The first-order valence-corrected chi connectivity index (χ1v) is 9.87. The highest BCUT2D eigenvalue weighted by Crippen LogP contribution is 2.30. The standard InChI is InChI=1S/C21H26F2N6/c1-21(2,3)29-12-25-19-15(22)9-13(10-17(19)29)18-16(23)11-24-20(27-18)26-14-5-7-28(4)8-6-14/h9-12,14H,5-8H2,1-4H3,(H,24,26,27). The number of imidazole rings is 1. The molecule has 4 rings (SSSR count). The molecule has 0 spiro atoms. The van der Waals surface area contributed by atoms with Crippen LogP contribution in [0.2, 0.25) is 0 Å². The van der Waals surface area contributed by atoms with Gasteiger partial charge < -0.3 is 14.8 Å². The molecule has 0 bridgehead atoms. The number of halogens is 2. The highest BCUT2D eigenvalue weighted by Gasteiger charge is 2.21. The number of nitrogens with one attached hydrogen (secondary N) is 1. The van der Waals surface area contributed by atoms with Crippen molar-refractivity contribution in [2.75, 3.05) is 25.5 Å². The van der Waals surface area contributed by atoms with Crippen LogP contribution in [-0.4, -0.2) is 50.6 Å². The SMILES string of the molecule is CN1CCC(Nc2ncc(F)c(-c3cc(F)c4ncn(C(C)(C)C)c4c3)n2)CC1. The van der Waals surface area contributed by atoms with Gasteiger partial charge in [-0.1, -0.05) is 0 Å². The first kappa shape index (κ1) is 19.7. The lowest BCUT2D eigenvalue weighted by atomic mass is 10.1. The smallest absolute Gasteiger partial charge is 0.223 e. The van der Waals surface area contributed by atoms with Gasteiger partial charge in [-0.3, -0.25) is 0 Å². The van der Waals surface area contributed by atoms with Gasteiger partial charge in [-0.25, -0.2) is 23.7 Å². The third-order valence-electron chi connectivity index (χ3n) is 5.40. The number of hydrogen-bond acceptors (Lipinski definition) is 5. The van der Waals surface area contributed by atoms with Crippen molar-refractivity contribution >= 4 is 17.0 Å². The van der Waals surface area contributed by atoms with Crippen LogP contribution in [0.4, 0.5) is 14.7 Å². The summed E-state index contributed by atoms with van der Waals surface area (Å²) in [6, 6.07) is 3.26. The van der Waals surface area contributed by atoms with Crippen molar-refractivity contribution in [1.82, 2.24) is 24.4 Å². The Morgan fingerprint density at radius 1 is 1.07 bits per heavy atom. The van der Waals surface area contributed by atoms with E-state index in [1.165, 1.54) is 6.07 Å². The highest BCUT2D eigenvalue weighted by molar-refractivity contribution is 5.82. The molecule has 3 aromatic rings. The lowest BCUT2D eigenvalue weighted by molar-refractivity contribution is 0.263. The van der Waals surface area contributed by atoms with Crippen molar-refractivity contribution in [1.29, 1.82) is 0 Å². The highest BCUT2D eigenvalue weighted by atomic mass is 19.1. The van der Waals surface area contributed by atoms with E-state index >= 15 is 0 Å². The van der Waals surface area contributed by atoms with Gasteiger partial charge in [0.25, 0.3) is 0 Å². The van der Waals surface area contributed by atoms with Gasteiger partial charge in [0.05, 0.1) is 18.0 Å².